The number of imide groups is 1. The van der Waals surface area contributed by atoms with Crippen LogP contribution in [-0.2, 0) is 19.2 Å². The van der Waals surface area contributed by atoms with Gasteiger partial charge in [-0.1, -0.05) is 85.4 Å². The minimum absolute atomic E-state index is 0.0720. The lowest BCUT2D eigenvalue weighted by atomic mass is 9.65. The highest BCUT2D eigenvalue weighted by molar-refractivity contribution is 6.65. The number of rotatable bonds is 8. The van der Waals surface area contributed by atoms with Crippen LogP contribution < -0.4 is 0 Å². The Morgan fingerprint density at radius 2 is 1.31 bits per heavy atom. The standard InChI is InChI=1S/C21H23Cl6NO4/c1-2-3-4-5-6-7-8-31-28-17(29)9-10(18(28)30)14-12-11(13(9)32-14)19(24)15(22)16(23)20(12,25)21(19,26)27/h9-14H,2-8H2,1H3/t9-,10-,11-,12-,13+,14+,19-,20-/m0/s1. The fraction of sp³-hybridized carbons (Fsp3) is 0.810. The normalized spacial score (nSPS) is 45.4. The van der Waals surface area contributed by atoms with Gasteiger partial charge in [-0.05, 0) is 6.42 Å². The minimum Gasteiger partial charge on any atom is -0.373 e. The van der Waals surface area contributed by atoms with E-state index >= 15 is 0 Å². The molecule has 32 heavy (non-hydrogen) atoms. The third-order valence-corrected chi connectivity index (χ3v) is 12.1. The van der Waals surface area contributed by atoms with Crippen LogP contribution in [0.1, 0.15) is 45.4 Å². The topological polar surface area (TPSA) is 55.8 Å². The zero-order valence-corrected chi connectivity index (χ0v) is 21.8. The number of halogens is 6. The number of fused-ring (bicyclic) bond motifs is 12. The molecular formula is C21H23Cl6NO4. The molecule has 11 heteroatoms. The van der Waals surface area contributed by atoms with E-state index < -0.39 is 61.8 Å². The van der Waals surface area contributed by atoms with Gasteiger partial charge in [-0.3, -0.25) is 14.4 Å². The maximum atomic E-state index is 13.2. The number of ether oxygens (including phenoxy) is 1. The van der Waals surface area contributed by atoms with Gasteiger partial charge in [0.1, 0.15) is 9.75 Å². The number of nitrogens with zero attached hydrogens (tertiary/aromatic N) is 1. The molecule has 0 aromatic carbocycles. The Hall–Kier alpha value is 0.540. The number of hydrogen-bond donors (Lipinski definition) is 0. The second-order valence-corrected chi connectivity index (χ2v) is 12.6. The second kappa shape index (κ2) is 8.03. The van der Waals surface area contributed by atoms with Crippen LogP contribution in [0, 0.1) is 23.7 Å². The Balaban J connectivity index is 1.34. The Morgan fingerprint density at radius 1 is 0.844 bits per heavy atom. The molecule has 0 radical (unpaired) electrons. The van der Waals surface area contributed by atoms with Gasteiger partial charge in [0, 0.05) is 11.8 Å². The minimum atomic E-state index is -1.72. The smallest absolute Gasteiger partial charge is 0.260 e. The van der Waals surface area contributed by atoms with Gasteiger partial charge < -0.3 is 4.74 Å². The van der Waals surface area contributed by atoms with E-state index in [9.17, 15) is 9.59 Å². The number of hydroxylamine groups is 2. The van der Waals surface area contributed by atoms with Crippen molar-refractivity contribution < 1.29 is 19.2 Å². The predicted octanol–water partition coefficient (Wildman–Crippen LogP) is 5.74. The lowest BCUT2D eigenvalue weighted by molar-refractivity contribution is -0.192. The predicted molar refractivity (Wildman–Crippen MR) is 124 cm³/mol. The maximum absolute atomic E-state index is 13.2. The molecule has 1 saturated carbocycles. The van der Waals surface area contributed by atoms with Crippen LogP contribution in [0.25, 0.3) is 0 Å². The molecule has 0 spiro atoms. The molecule has 3 aliphatic heterocycles. The summed E-state index contributed by atoms with van der Waals surface area (Å²) in [5.74, 6) is -3.45. The van der Waals surface area contributed by atoms with Crippen molar-refractivity contribution in [1.29, 1.82) is 0 Å². The number of hydrogen-bond acceptors (Lipinski definition) is 4. The summed E-state index contributed by atoms with van der Waals surface area (Å²) in [4.78, 5) is 28.9. The van der Waals surface area contributed by atoms with Gasteiger partial charge in [0.05, 0.1) is 40.7 Å². The summed E-state index contributed by atoms with van der Waals surface area (Å²) in [5, 5.41) is 1.05. The molecule has 3 heterocycles. The van der Waals surface area contributed by atoms with Crippen molar-refractivity contribution in [2.24, 2.45) is 23.7 Å². The highest BCUT2D eigenvalue weighted by Crippen LogP contribution is 2.81. The fourth-order valence-electron chi connectivity index (χ4n) is 6.44. The van der Waals surface area contributed by atoms with Crippen molar-refractivity contribution in [3.63, 3.8) is 0 Å². The second-order valence-electron chi connectivity index (χ2n) is 9.37. The molecule has 5 aliphatic rings. The SMILES string of the molecule is CCCCCCCCON1C(=O)[C@@H]2[C@H]3O[C@H]([C@H]2C1=O)[C@@H]1[C@@H]3[C@]2(Cl)C(Cl)=C(Cl)[C@]1(Cl)C2(Cl)Cl. The third-order valence-electron chi connectivity index (χ3n) is 7.86. The van der Waals surface area contributed by atoms with Gasteiger partial charge >= 0.3 is 0 Å². The zero-order valence-electron chi connectivity index (χ0n) is 17.3. The van der Waals surface area contributed by atoms with Crippen LogP contribution in [-0.4, -0.2) is 49.8 Å². The molecule has 2 amide bonds. The maximum Gasteiger partial charge on any atom is 0.260 e. The van der Waals surface area contributed by atoms with E-state index in [0.717, 1.165) is 24.3 Å². The van der Waals surface area contributed by atoms with E-state index in [0.29, 0.717) is 6.61 Å². The van der Waals surface area contributed by atoms with E-state index in [-0.39, 0.29) is 10.1 Å². The molecule has 178 valence electrons. The molecule has 8 atom stereocenters. The fourth-order valence-corrected chi connectivity index (χ4v) is 9.50. The van der Waals surface area contributed by atoms with Gasteiger partial charge in [-0.2, -0.15) is 5.06 Å². The van der Waals surface area contributed by atoms with Crippen LogP contribution >= 0.6 is 69.6 Å². The molecule has 0 unspecified atom stereocenters. The summed E-state index contributed by atoms with van der Waals surface area (Å²) in [6.07, 6.45) is 5.01. The van der Waals surface area contributed by atoms with E-state index in [1.807, 2.05) is 0 Å². The van der Waals surface area contributed by atoms with Crippen LogP contribution in [0.3, 0.4) is 0 Å². The first-order valence-corrected chi connectivity index (χ1v) is 13.3. The summed E-state index contributed by atoms with van der Waals surface area (Å²) >= 11 is 40.2. The number of unbranched alkanes of at least 4 members (excludes halogenated alkanes) is 5. The molecule has 2 aliphatic carbocycles. The first-order valence-electron chi connectivity index (χ1n) is 11.0. The van der Waals surface area contributed by atoms with Gasteiger partial charge in [-0.25, -0.2) is 0 Å². The Kier molecular flexibility index (Phi) is 6.08. The van der Waals surface area contributed by atoms with E-state index in [4.69, 9.17) is 79.2 Å². The molecule has 0 aromatic heterocycles. The molecule has 5 nitrogen and oxygen atoms in total. The Bertz CT molecular complexity index is 840. The van der Waals surface area contributed by atoms with Crippen molar-refractivity contribution in [2.75, 3.05) is 6.61 Å². The molecular weight excluding hydrogens is 543 g/mol. The first kappa shape index (κ1) is 24.2. The largest absolute Gasteiger partial charge is 0.373 e. The van der Waals surface area contributed by atoms with Gasteiger partial charge in [-0.15, -0.1) is 23.2 Å². The van der Waals surface area contributed by atoms with Crippen LogP contribution in [0.4, 0.5) is 0 Å². The summed E-state index contributed by atoms with van der Waals surface area (Å²) in [5.41, 5.74) is 0. The number of allylic oxidation sites excluding steroid dienone is 2. The van der Waals surface area contributed by atoms with Crippen LogP contribution in [0.2, 0.25) is 0 Å². The van der Waals surface area contributed by atoms with E-state index in [1.165, 1.54) is 19.3 Å². The van der Waals surface area contributed by atoms with Crippen molar-refractivity contribution in [2.45, 2.75) is 71.7 Å². The monoisotopic (exact) mass is 563 g/mol. The molecule has 3 saturated heterocycles. The summed E-state index contributed by atoms with van der Waals surface area (Å²) in [7, 11) is 0. The summed E-state index contributed by atoms with van der Waals surface area (Å²) in [6.45, 7) is 2.47. The average molecular weight is 566 g/mol. The third kappa shape index (κ3) is 2.69. The summed E-state index contributed by atoms with van der Waals surface area (Å²) < 4.78 is 4.41. The van der Waals surface area contributed by atoms with Gasteiger partial charge in [0.2, 0.25) is 0 Å². The van der Waals surface area contributed by atoms with Crippen molar-refractivity contribution in [3.8, 4) is 0 Å². The quantitative estimate of drug-likeness (QED) is 0.214. The highest BCUT2D eigenvalue weighted by Gasteiger charge is 2.90. The lowest BCUT2D eigenvalue weighted by Crippen LogP contribution is -2.50. The number of amides is 2. The van der Waals surface area contributed by atoms with E-state index in [2.05, 4.69) is 6.92 Å². The number of carbonyl (C=O) groups is 2. The molecule has 0 aromatic rings. The Morgan fingerprint density at radius 3 is 1.81 bits per heavy atom. The molecule has 4 fully saturated rings. The molecule has 5 rings (SSSR count). The van der Waals surface area contributed by atoms with E-state index in [1.54, 1.807) is 0 Å². The van der Waals surface area contributed by atoms with Crippen molar-refractivity contribution in [1.82, 2.24) is 5.06 Å². The van der Waals surface area contributed by atoms with Crippen molar-refractivity contribution in [3.05, 3.63) is 10.1 Å². The molecule has 0 N–H and O–H groups in total. The zero-order chi connectivity index (χ0) is 23.2. The average Bonchev–Trinajstić information content (AvgIpc) is 3.45. The molecule has 4 bridgehead atoms. The summed E-state index contributed by atoms with van der Waals surface area (Å²) in [6, 6.07) is 0. The first-order chi connectivity index (χ1) is 15.1. The number of alkyl halides is 4. The van der Waals surface area contributed by atoms with Gasteiger partial charge in [0.25, 0.3) is 11.8 Å². The lowest BCUT2D eigenvalue weighted by Gasteiger charge is -2.39. The highest BCUT2D eigenvalue weighted by atomic mass is 35.5. The van der Waals surface area contributed by atoms with Crippen LogP contribution in [0.5, 0.6) is 0 Å². The van der Waals surface area contributed by atoms with Gasteiger partial charge in [0.15, 0.2) is 4.33 Å². The van der Waals surface area contributed by atoms with Crippen molar-refractivity contribution >= 4 is 81.4 Å². The Labute approximate surface area is 216 Å². The number of carbonyl (C=O) groups excluding carboxylic acids is 2. The van der Waals surface area contributed by atoms with Crippen LogP contribution in [0.15, 0.2) is 10.1 Å².